The molecule has 2 heterocycles. The van der Waals surface area contributed by atoms with Crippen molar-refractivity contribution in [1.82, 2.24) is 9.55 Å². The lowest BCUT2D eigenvalue weighted by Gasteiger charge is -2.16. The lowest BCUT2D eigenvalue weighted by Crippen LogP contribution is -2.34. The zero-order chi connectivity index (χ0) is 26.2. The predicted octanol–water partition coefficient (Wildman–Crippen LogP) is 4.90. The number of aliphatic hydroxyl groups is 1. The second-order valence-corrected chi connectivity index (χ2v) is 9.59. The fraction of sp³-hybridized carbons (Fsp3) is 0.741. The van der Waals surface area contributed by atoms with Crippen LogP contribution in [-0.4, -0.2) is 39.4 Å². The summed E-state index contributed by atoms with van der Waals surface area (Å²) in [5, 5.41) is 10.2. The van der Waals surface area contributed by atoms with Crippen LogP contribution in [0.1, 0.15) is 109 Å². The Morgan fingerprint density at radius 2 is 1.69 bits per heavy atom. The zero-order valence-corrected chi connectivity index (χ0v) is 21.6. The molecule has 9 heteroatoms. The number of halogens is 1. The number of ether oxygens (including phenoxy) is 2. The van der Waals surface area contributed by atoms with Gasteiger partial charge in [-0.1, -0.05) is 70.4 Å². The second-order valence-electron chi connectivity index (χ2n) is 9.59. The number of unbranched alkanes of at least 4 members (excludes halogenated alkanes) is 11. The van der Waals surface area contributed by atoms with Gasteiger partial charge in [-0.05, 0) is 32.1 Å². The van der Waals surface area contributed by atoms with E-state index in [1.807, 2.05) is 4.98 Å². The lowest BCUT2D eigenvalue weighted by atomic mass is 10.1. The van der Waals surface area contributed by atoms with Crippen molar-refractivity contribution in [2.24, 2.45) is 0 Å². The van der Waals surface area contributed by atoms with E-state index >= 15 is 0 Å². The first-order chi connectivity index (χ1) is 17.4. The van der Waals surface area contributed by atoms with Crippen LogP contribution >= 0.6 is 0 Å². The molecule has 0 aromatic carbocycles. The molecule has 1 aromatic rings. The average molecular weight is 511 g/mol. The third-order valence-corrected chi connectivity index (χ3v) is 6.49. The minimum atomic E-state index is -1.12. The van der Waals surface area contributed by atoms with Crippen molar-refractivity contribution in [1.29, 1.82) is 0 Å². The van der Waals surface area contributed by atoms with Crippen LogP contribution in [0.3, 0.4) is 0 Å². The Balaban J connectivity index is 1.49. The molecule has 0 saturated carbocycles. The van der Waals surface area contributed by atoms with Crippen molar-refractivity contribution in [3.63, 3.8) is 0 Å². The van der Waals surface area contributed by atoms with Gasteiger partial charge in [-0.3, -0.25) is 19.1 Å². The molecule has 0 unspecified atom stereocenters. The third kappa shape index (κ3) is 11.2. The molecule has 3 atom stereocenters. The van der Waals surface area contributed by atoms with E-state index in [1.54, 1.807) is 0 Å². The summed E-state index contributed by atoms with van der Waals surface area (Å²) in [7, 11) is 0. The standard InChI is InChI=1S/C27H43FN2O6/c1-2-3-4-5-6-7-8-9-10-11-12-13-14-15-16-17-25(32)35-20-23-22(31)18-24(36-23)30-19-21(28)26(33)29-27(30)34/h9-10,19,22-24,31H,2-8,11-18,20H2,1H3,(H,29,33,34)/t22-,23+,24+/m0/s1. The van der Waals surface area contributed by atoms with Gasteiger partial charge in [-0.2, -0.15) is 4.39 Å². The van der Waals surface area contributed by atoms with Gasteiger partial charge in [0.15, 0.2) is 0 Å². The van der Waals surface area contributed by atoms with E-state index in [9.17, 15) is 23.9 Å². The first-order valence-corrected chi connectivity index (χ1v) is 13.6. The van der Waals surface area contributed by atoms with Crippen molar-refractivity contribution in [2.45, 2.75) is 122 Å². The van der Waals surface area contributed by atoms with Gasteiger partial charge in [-0.25, -0.2) is 4.79 Å². The summed E-state index contributed by atoms with van der Waals surface area (Å²) in [6.07, 6.45) is 18.3. The van der Waals surface area contributed by atoms with Crippen molar-refractivity contribution < 1.29 is 23.8 Å². The normalized spacial score (nSPS) is 19.8. The van der Waals surface area contributed by atoms with Gasteiger partial charge in [0.2, 0.25) is 5.82 Å². The number of aliphatic hydroxyl groups excluding tert-OH is 1. The molecule has 204 valence electrons. The van der Waals surface area contributed by atoms with Gasteiger partial charge in [0.1, 0.15) is 18.9 Å². The Morgan fingerprint density at radius 3 is 2.36 bits per heavy atom. The van der Waals surface area contributed by atoms with Crippen LogP contribution in [-0.2, 0) is 14.3 Å². The largest absolute Gasteiger partial charge is 0.463 e. The van der Waals surface area contributed by atoms with Gasteiger partial charge >= 0.3 is 11.7 Å². The summed E-state index contributed by atoms with van der Waals surface area (Å²) in [6, 6.07) is 0. The molecule has 8 nitrogen and oxygen atoms in total. The molecule has 0 spiro atoms. The fourth-order valence-electron chi connectivity index (χ4n) is 4.30. The number of H-pyrrole nitrogens is 1. The number of nitrogens with zero attached hydrogens (tertiary/aromatic N) is 1. The minimum Gasteiger partial charge on any atom is -0.463 e. The highest BCUT2D eigenvalue weighted by molar-refractivity contribution is 5.69. The van der Waals surface area contributed by atoms with Crippen LogP contribution in [0.15, 0.2) is 27.9 Å². The Morgan fingerprint density at radius 1 is 1.08 bits per heavy atom. The van der Waals surface area contributed by atoms with Gasteiger partial charge < -0.3 is 14.6 Å². The van der Waals surface area contributed by atoms with Crippen LogP contribution < -0.4 is 11.2 Å². The third-order valence-electron chi connectivity index (χ3n) is 6.49. The molecule has 1 aromatic heterocycles. The van der Waals surface area contributed by atoms with Crippen LogP contribution in [0.25, 0.3) is 0 Å². The molecular formula is C27H43FN2O6. The van der Waals surface area contributed by atoms with E-state index in [4.69, 9.17) is 9.47 Å². The summed E-state index contributed by atoms with van der Waals surface area (Å²) >= 11 is 0. The molecular weight excluding hydrogens is 467 g/mol. The Labute approximate surface area is 212 Å². The molecule has 2 rings (SSSR count). The number of carbonyl (C=O) groups is 1. The summed E-state index contributed by atoms with van der Waals surface area (Å²) in [5.74, 6) is -1.48. The van der Waals surface area contributed by atoms with Gasteiger partial charge in [0, 0.05) is 12.8 Å². The maximum absolute atomic E-state index is 13.5. The van der Waals surface area contributed by atoms with E-state index in [0.717, 1.165) is 49.3 Å². The monoisotopic (exact) mass is 510 g/mol. The summed E-state index contributed by atoms with van der Waals surface area (Å²) in [4.78, 5) is 36.9. The topological polar surface area (TPSA) is 111 Å². The maximum Gasteiger partial charge on any atom is 0.330 e. The van der Waals surface area contributed by atoms with E-state index in [0.29, 0.717) is 6.42 Å². The smallest absolute Gasteiger partial charge is 0.330 e. The van der Waals surface area contributed by atoms with E-state index < -0.39 is 35.5 Å². The highest BCUT2D eigenvalue weighted by Crippen LogP contribution is 2.28. The number of carbonyl (C=O) groups excluding carboxylic acids is 1. The highest BCUT2D eigenvalue weighted by atomic mass is 19.1. The predicted molar refractivity (Wildman–Crippen MR) is 136 cm³/mol. The van der Waals surface area contributed by atoms with Crippen molar-refractivity contribution in [3.8, 4) is 0 Å². The van der Waals surface area contributed by atoms with E-state index in [2.05, 4.69) is 19.1 Å². The number of rotatable bonds is 18. The SMILES string of the molecule is CCCCCCCCC=CCCCCCCCC(=O)OC[C@H]1O[C@@H](n2cc(F)c(=O)[nH]c2=O)C[C@@H]1O. The fourth-order valence-corrected chi connectivity index (χ4v) is 4.30. The molecule has 0 radical (unpaired) electrons. The molecule has 2 N–H and O–H groups in total. The van der Waals surface area contributed by atoms with Gasteiger partial charge in [-0.15, -0.1) is 0 Å². The molecule has 1 fully saturated rings. The van der Waals surface area contributed by atoms with Gasteiger partial charge in [0.05, 0.1) is 12.3 Å². The van der Waals surface area contributed by atoms with E-state index in [1.165, 1.54) is 44.9 Å². The molecule has 1 saturated heterocycles. The first kappa shape index (κ1) is 30.0. The molecule has 1 aliphatic heterocycles. The van der Waals surface area contributed by atoms with Crippen molar-refractivity contribution in [2.75, 3.05) is 6.61 Å². The van der Waals surface area contributed by atoms with Crippen molar-refractivity contribution in [3.05, 3.63) is 45.0 Å². The van der Waals surface area contributed by atoms with Crippen LogP contribution in [0.4, 0.5) is 4.39 Å². The van der Waals surface area contributed by atoms with Crippen LogP contribution in [0.2, 0.25) is 0 Å². The summed E-state index contributed by atoms with van der Waals surface area (Å²) in [6.45, 7) is 2.09. The molecule has 0 aliphatic carbocycles. The Kier molecular flexibility index (Phi) is 14.4. The Hall–Kier alpha value is -2.26. The minimum absolute atomic E-state index is 0.0157. The average Bonchev–Trinajstić information content (AvgIpc) is 3.22. The molecule has 0 amide bonds. The number of aromatic nitrogens is 2. The number of allylic oxidation sites excluding steroid dienone is 2. The van der Waals surface area contributed by atoms with Crippen molar-refractivity contribution >= 4 is 5.97 Å². The highest BCUT2D eigenvalue weighted by Gasteiger charge is 2.36. The number of esters is 1. The first-order valence-electron chi connectivity index (χ1n) is 13.6. The Bertz CT molecular complexity index is 912. The molecule has 0 bridgehead atoms. The van der Waals surface area contributed by atoms with E-state index in [-0.39, 0.29) is 19.0 Å². The molecule has 36 heavy (non-hydrogen) atoms. The summed E-state index contributed by atoms with van der Waals surface area (Å²) in [5.41, 5.74) is -1.95. The second kappa shape index (κ2) is 17.2. The van der Waals surface area contributed by atoms with Crippen LogP contribution in [0.5, 0.6) is 0 Å². The van der Waals surface area contributed by atoms with Gasteiger partial charge in [0.25, 0.3) is 5.56 Å². The summed E-state index contributed by atoms with van der Waals surface area (Å²) < 4.78 is 25.2. The number of hydrogen-bond acceptors (Lipinski definition) is 6. The zero-order valence-electron chi connectivity index (χ0n) is 21.6. The number of hydrogen-bond donors (Lipinski definition) is 2. The quantitative estimate of drug-likeness (QED) is 0.165. The van der Waals surface area contributed by atoms with Crippen LogP contribution in [0, 0.1) is 5.82 Å². The lowest BCUT2D eigenvalue weighted by molar-refractivity contribution is -0.150. The number of nitrogens with one attached hydrogen (secondary N) is 1. The maximum atomic E-state index is 13.5. The number of aromatic amines is 1. The molecule has 1 aliphatic rings.